The van der Waals surface area contributed by atoms with Crippen LogP contribution < -0.4 is 14.8 Å². The van der Waals surface area contributed by atoms with Crippen LogP contribution in [-0.2, 0) is 4.74 Å². The Kier molecular flexibility index (Phi) is 7.02. The van der Waals surface area contributed by atoms with Crippen molar-refractivity contribution < 1.29 is 23.0 Å². The number of ether oxygens (including phenoxy) is 3. The Hall–Kier alpha value is -2.56. The van der Waals surface area contributed by atoms with Gasteiger partial charge >= 0.3 is 0 Å². The lowest BCUT2D eigenvalue weighted by Gasteiger charge is -2.31. The Morgan fingerprint density at radius 3 is 2.69 bits per heavy atom. The molecule has 0 bridgehead atoms. The Labute approximate surface area is 192 Å². The van der Waals surface area contributed by atoms with Crippen molar-refractivity contribution in [3.8, 4) is 11.5 Å². The van der Waals surface area contributed by atoms with E-state index < -0.39 is 11.6 Å². The van der Waals surface area contributed by atoms with Crippen LogP contribution in [-0.4, -0.2) is 60.9 Å². The van der Waals surface area contributed by atoms with E-state index in [0.29, 0.717) is 41.4 Å². The SMILES string of the molecule is CCN1CCOC(COc2cc3ncnc(Nc4cc(F)c(Br)c(F)c4)c3cc2OC)C1. The second-order valence-corrected chi connectivity index (χ2v) is 8.11. The molecule has 3 aromatic rings. The van der Waals surface area contributed by atoms with Gasteiger partial charge in [0, 0.05) is 30.2 Å². The number of morpholine rings is 1. The molecule has 0 aliphatic carbocycles. The number of benzene rings is 2. The predicted octanol–water partition coefficient (Wildman–Crippen LogP) is 4.52. The molecule has 1 aromatic heterocycles. The van der Waals surface area contributed by atoms with E-state index in [1.807, 2.05) is 0 Å². The van der Waals surface area contributed by atoms with E-state index in [-0.39, 0.29) is 16.3 Å². The van der Waals surface area contributed by atoms with E-state index in [1.165, 1.54) is 18.5 Å². The summed E-state index contributed by atoms with van der Waals surface area (Å²) in [7, 11) is 1.54. The summed E-state index contributed by atoms with van der Waals surface area (Å²) in [6.45, 7) is 5.88. The number of rotatable bonds is 7. The van der Waals surface area contributed by atoms with Crippen LogP contribution in [0, 0.1) is 11.6 Å². The topological polar surface area (TPSA) is 68.7 Å². The zero-order chi connectivity index (χ0) is 22.7. The Morgan fingerprint density at radius 2 is 1.97 bits per heavy atom. The molecular weight excluding hydrogens is 486 g/mol. The minimum absolute atomic E-state index is 0.0334. The van der Waals surface area contributed by atoms with Gasteiger partial charge in [0.25, 0.3) is 0 Å². The lowest BCUT2D eigenvalue weighted by atomic mass is 10.2. The number of nitrogens with zero attached hydrogens (tertiary/aromatic N) is 3. The van der Waals surface area contributed by atoms with Gasteiger partial charge in [0.2, 0.25) is 0 Å². The molecule has 4 rings (SSSR count). The molecule has 0 saturated carbocycles. The number of aromatic nitrogens is 2. The van der Waals surface area contributed by atoms with Crippen molar-refractivity contribution in [2.24, 2.45) is 0 Å². The van der Waals surface area contributed by atoms with E-state index >= 15 is 0 Å². The molecule has 1 atom stereocenters. The normalized spacial score (nSPS) is 16.8. The molecule has 1 unspecified atom stereocenters. The lowest BCUT2D eigenvalue weighted by Crippen LogP contribution is -2.44. The van der Waals surface area contributed by atoms with Crippen molar-refractivity contribution in [2.45, 2.75) is 13.0 Å². The Bertz CT molecular complexity index is 1090. The van der Waals surface area contributed by atoms with Crippen molar-refractivity contribution in [2.75, 3.05) is 45.3 Å². The van der Waals surface area contributed by atoms with Crippen molar-refractivity contribution in [3.63, 3.8) is 0 Å². The van der Waals surface area contributed by atoms with Gasteiger partial charge in [0.15, 0.2) is 11.5 Å². The smallest absolute Gasteiger partial charge is 0.163 e. The summed E-state index contributed by atoms with van der Waals surface area (Å²) in [5.74, 6) is -0.0270. The summed E-state index contributed by atoms with van der Waals surface area (Å²) < 4.78 is 44.9. The number of halogens is 3. The quantitative estimate of drug-likeness (QED) is 0.470. The number of nitrogens with one attached hydrogen (secondary N) is 1. The van der Waals surface area contributed by atoms with Gasteiger partial charge in [-0.1, -0.05) is 6.92 Å². The number of anilines is 2. The van der Waals surface area contributed by atoms with E-state index in [4.69, 9.17) is 14.2 Å². The molecule has 32 heavy (non-hydrogen) atoms. The molecular formula is C22H23BrF2N4O3. The van der Waals surface area contributed by atoms with E-state index in [1.54, 1.807) is 19.2 Å². The highest BCUT2D eigenvalue weighted by atomic mass is 79.9. The molecule has 0 amide bonds. The molecule has 2 aromatic carbocycles. The fourth-order valence-electron chi connectivity index (χ4n) is 3.55. The van der Waals surface area contributed by atoms with Crippen molar-refractivity contribution in [1.29, 1.82) is 0 Å². The van der Waals surface area contributed by atoms with E-state index in [9.17, 15) is 8.78 Å². The molecule has 10 heteroatoms. The Balaban J connectivity index is 1.58. The Morgan fingerprint density at radius 1 is 1.19 bits per heavy atom. The van der Waals surface area contributed by atoms with Crippen LogP contribution in [0.5, 0.6) is 11.5 Å². The summed E-state index contributed by atoms with van der Waals surface area (Å²) in [5.41, 5.74) is 0.813. The van der Waals surface area contributed by atoms with Gasteiger partial charge in [-0.2, -0.15) is 0 Å². The molecule has 0 spiro atoms. The minimum Gasteiger partial charge on any atom is -0.493 e. The van der Waals surface area contributed by atoms with Crippen molar-refractivity contribution >= 4 is 38.3 Å². The third-order valence-electron chi connectivity index (χ3n) is 5.26. The zero-order valence-corrected chi connectivity index (χ0v) is 19.3. The van der Waals surface area contributed by atoms with Gasteiger partial charge in [0.1, 0.15) is 36.5 Å². The number of hydrogen-bond donors (Lipinski definition) is 1. The molecule has 2 heterocycles. The summed E-state index contributed by atoms with van der Waals surface area (Å²) in [6, 6.07) is 5.85. The minimum atomic E-state index is -0.717. The fraction of sp³-hybridized carbons (Fsp3) is 0.364. The second kappa shape index (κ2) is 9.93. The van der Waals surface area contributed by atoms with Gasteiger partial charge in [-0.25, -0.2) is 18.7 Å². The third kappa shape index (κ3) is 4.92. The van der Waals surface area contributed by atoms with E-state index in [0.717, 1.165) is 19.6 Å². The van der Waals surface area contributed by atoms with Crippen LogP contribution in [0.25, 0.3) is 10.9 Å². The maximum atomic E-state index is 13.9. The van der Waals surface area contributed by atoms with Gasteiger partial charge < -0.3 is 19.5 Å². The highest BCUT2D eigenvalue weighted by molar-refractivity contribution is 9.10. The number of hydrogen-bond acceptors (Lipinski definition) is 7. The van der Waals surface area contributed by atoms with Crippen LogP contribution in [0.4, 0.5) is 20.3 Å². The average molecular weight is 509 g/mol. The number of fused-ring (bicyclic) bond motifs is 1. The standard InChI is InChI=1S/C22H23BrF2N4O3/c1-3-29-4-5-31-14(10-29)11-32-20-9-18-15(8-19(20)30-2)22(27-12-26-18)28-13-6-16(24)21(23)17(25)7-13/h6-9,12,14H,3-5,10-11H2,1-2H3,(H,26,27,28). The summed E-state index contributed by atoms with van der Waals surface area (Å²) in [4.78, 5) is 10.8. The van der Waals surface area contributed by atoms with Gasteiger partial charge in [0.05, 0.1) is 23.7 Å². The first-order valence-electron chi connectivity index (χ1n) is 10.2. The largest absolute Gasteiger partial charge is 0.493 e. The highest BCUT2D eigenvalue weighted by Gasteiger charge is 2.21. The summed E-state index contributed by atoms with van der Waals surface area (Å²) in [5, 5.41) is 3.56. The monoisotopic (exact) mass is 508 g/mol. The van der Waals surface area contributed by atoms with Crippen LogP contribution in [0.1, 0.15) is 6.92 Å². The molecule has 0 radical (unpaired) electrons. The molecule has 1 fully saturated rings. The first-order valence-corrected chi connectivity index (χ1v) is 11.0. The highest BCUT2D eigenvalue weighted by Crippen LogP contribution is 2.35. The van der Waals surface area contributed by atoms with Gasteiger partial charge in [-0.3, -0.25) is 4.90 Å². The van der Waals surface area contributed by atoms with Crippen LogP contribution in [0.2, 0.25) is 0 Å². The first-order chi connectivity index (χ1) is 15.5. The average Bonchev–Trinajstić information content (AvgIpc) is 2.81. The maximum absolute atomic E-state index is 13.9. The molecule has 1 N–H and O–H groups in total. The maximum Gasteiger partial charge on any atom is 0.163 e. The van der Waals surface area contributed by atoms with Gasteiger partial charge in [-0.05, 0) is 40.7 Å². The summed E-state index contributed by atoms with van der Waals surface area (Å²) >= 11 is 2.87. The molecule has 1 saturated heterocycles. The first kappa shape index (κ1) is 22.6. The number of methoxy groups -OCH3 is 1. The third-order valence-corrected chi connectivity index (χ3v) is 6.02. The zero-order valence-electron chi connectivity index (χ0n) is 17.7. The predicted molar refractivity (Wildman–Crippen MR) is 121 cm³/mol. The lowest BCUT2D eigenvalue weighted by molar-refractivity contribution is -0.0466. The molecule has 7 nitrogen and oxygen atoms in total. The van der Waals surface area contributed by atoms with E-state index in [2.05, 4.69) is 43.0 Å². The number of likely N-dealkylation sites (N-methyl/N-ethyl adjacent to an activating group) is 1. The van der Waals surface area contributed by atoms with Crippen LogP contribution in [0.15, 0.2) is 35.1 Å². The fourth-order valence-corrected chi connectivity index (χ4v) is 3.78. The van der Waals surface area contributed by atoms with Crippen LogP contribution in [0.3, 0.4) is 0 Å². The van der Waals surface area contributed by atoms with Crippen molar-refractivity contribution in [1.82, 2.24) is 14.9 Å². The molecule has 1 aliphatic heterocycles. The molecule has 170 valence electrons. The van der Waals surface area contributed by atoms with Crippen LogP contribution >= 0.6 is 15.9 Å². The second-order valence-electron chi connectivity index (χ2n) is 7.32. The molecule has 1 aliphatic rings. The van der Waals surface area contributed by atoms with Gasteiger partial charge in [-0.15, -0.1) is 0 Å². The van der Waals surface area contributed by atoms with Crippen molar-refractivity contribution in [3.05, 3.63) is 46.7 Å². The summed E-state index contributed by atoms with van der Waals surface area (Å²) in [6.07, 6.45) is 1.34.